The molecule has 0 aliphatic rings. The first kappa shape index (κ1) is 17.0. The zero-order valence-corrected chi connectivity index (χ0v) is 13.6. The van der Waals surface area contributed by atoms with E-state index < -0.39 is 10.0 Å². The van der Waals surface area contributed by atoms with Crippen LogP contribution < -0.4 is 15.8 Å². The van der Waals surface area contributed by atoms with Crippen LogP contribution in [0.1, 0.15) is 16.7 Å². The zero-order chi connectivity index (χ0) is 16.9. The van der Waals surface area contributed by atoms with Crippen molar-refractivity contribution in [1.29, 1.82) is 0 Å². The average Bonchev–Trinajstić information content (AvgIpc) is 2.51. The summed E-state index contributed by atoms with van der Waals surface area (Å²) in [5.41, 5.74) is 2.95. The van der Waals surface area contributed by atoms with Crippen LogP contribution in [0, 0.1) is 6.92 Å². The highest BCUT2D eigenvalue weighted by molar-refractivity contribution is 7.89. The van der Waals surface area contributed by atoms with Gasteiger partial charge in [-0.2, -0.15) is 0 Å². The largest absolute Gasteiger partial charge is 0.334 e. The molecule has 0 bridgehead atoms. The van der Waals surface area contributed by atoms with Crippen molar-refractivity contribution in [3.63, 3.8) is 0 Å². The molecule has 0 spiro atoms. The van der Waals surface area contributed by atoms with Gasteiger partial charge < -0.3 is 10.6 Å². The number of nitrogens with one attached hydrogen (secondary N) is 2. The first-order chi connectivity index (χ1) is 10.9. The van der Waals surface area contributed by atoms with Gasteiger partial charge in [0.2, 0.25) is 10.0 Å². The molecule has 0 radical (unpaired) electrons. The Balaban J connectivity index is 1.84. The molecule has 0 saturated carbocycles. The molecule has 2 aromatic rings. The van der Waals surface area contributed by atoms with Crippen molar-refractivity contribution in [2.75, 3.05) is 0 Å². The number of hydrogen-bond acceptors (Lipinski definition) is 3. The number of benzene rings is 2. The molecule has 0 aromatic heterocycles. The van der Waals surface area contributed by atoms with Gasteiger partial charge in [-0.25, -0.2) is 18.4 Å². The summed E-state index contributed by atoms with van der Waals surface area (Å²) < 4.78 is 22.3. The van der Waals surface area contributed by atoms with Gasteiger partial charge in [0.05, 0.1) is 4.90 Å². The summed E-state index contributed by atoms with van der Waals surface area (Å²) in [6, 6.07) is 13.6. The quantitative estimate of drug-likeness (QED) is 0.775. The summed E-state index contributed by atoms with van der Waals surface area (Å²) >= 11 is 0. The Hall–Kier alpha value is -2.38. The fourth-order valence-electron chi connectivity index (χ4n) is 2.03. The minimum Gasteiger partial charge on any atom is -0.334 e. The van der Waals surface area contributed by atoms with E-state index in [9.17, 15) is 13.2 Å². The lowest BCUT2D eigenvalue weighted by atomic mass is 10.1. The molecule has 2 rings (SSSR count). The van der Waals surface area contributed by atoms with Crippen molar-refractivity contribution >= 4 is 16.1 Å². The number of nitrogens with two attached hydrogens (primary N) is 1. The van der Waals surface area contributed by atoms with Crippen molar-refractivity contribution in [2.45, 2.75) is 24.9 Å². The standard InChI is InChI=1S/C16H19N3O3S/c1-12-4-2-3-5-14(12)11-19-16(20)18-10-13-6-8-15(9-7-13)23(17,21)22/h2-9H,10-11H2,1H3,(H2,17,21,22)(H2,18,19,20). The molecule has 0 heterocycles. The number of rotatable bonds is 5. The van der Waals surface area contributed by atoms with E-state index >= 15 is 0 Å². The molecule has 7 heteroatoms. The predicted molar refractivity (Wildman–Crippen MR) is 88.1 cm³/mol. The minimum atomic E-state index is -3.69. The van der Waals surface area contributed by atoms with Crippen molar-refractivity contribution < 1.29 is 13.2 Å². The van der Waals surface area contributed by atoms with Crippen LogP contribution in [0.4, 0.5) is 4.79 Å². The predicted octanol–water partition coefficient (Wildman–Crippen LogP) is 1.64. The highest BCUT2D eigenvalue weighted by Crippen LogP contribution is 2.09. The Morgan fingerprint density at radius 1 is 1.00 bits per heavy atom. The number of urea groups is 1. The number of hydrogen-bond donors (Lipinski definition) is 3. The van der Waals surface area contributed by atoms with Crippen LogP contribution in [-0.2, 0) is 23.1 Å². The Morgan fingerprint density at radius 2 is 1.61 bits per heavy atom. The van der Waals surface area contributed by atoms with Crippen molar-refractivity contribution in [3.05, 3.63) is 65.2 Å². The first-order valence-electron chi connectivity index (χ1n) is 7.04. The molecule has 122 valence electrons. The Bertz CT molecular complexity index is 786. The van der Waals surface area contributed by atoms with Crippen molar-refractivity contribution in [3.8, 4) is 0 Å². The molecular weight excluding hydrogens is 314 g/mol. The van der Waals surface area contributed by atoms with Crippen LogP contribution in [0.3, 0.4) is 0 Å². The molecule has 4 N–H and O–H groups in total. The summed E-state index contributed by atoms with van der Waals surface area (Å²) in [6.45, 7) is 2.73. The molecule has 23 heavy (non-hydrogen) atoms. The normalized spacial score (nSPS) is 11.0. The summed E-state index contributed by atoms with van der Waals surface area (Å²) in [5.74, 6) is 0. The first-order valence-corrected chi connectivity index (χ1v) is 8.59. The van der Waals surface area contributed by atoms with Gasteiger partial charge in [-0.1, -0.05) is 36.4 Å². The second-order valence-corrected chi connectivity index (χ2v) is 6.71. The highest BCUT2D eigenvalue weighted by Gasteiger charge is 2.07. The summed E-state index contributed by atoms with van der Waals surface area (Å²) in [6.07, 6.45) is 0. The zero-order valence-electron chi connectivity index (χ0n) is 12.7. The Kier molecular flexibility index (Phi) is 5.36. The van der Waals surface area contributed by atoms with E-state index in [2.05, 4.69) is 10.6 Å². The van der Waals surface area contributed by atoms with Gasteiger partial charge in [-0.15, -0.1) is 0 Å². The summed E-state index contributed by atoms with van der Waals surface area (Å²) in [5, 5.41) is 10.5. The van der Waals surface area contributed by atoms with Crippen LogP contribution in [-0.4, -0.2) is 14.4 Å². The molecule has 0 aliphatic carbocycles. The second kappa shape index (κ2) is 7.26. The second-order valence-electron chi connectivity index (χ2n) is 5.15. The van der Waals surface area contributed by atoms with Gasteiger partial charge in [0.25, 0.3) is 0 Å². The van der Waals surface area contributed by atoms with Gasteiger partial charge in [0.1, 0.15) is 0 Å². The number of carbonyl (C=O) groups excluding carboxylic acids is 1. The summed E-state index contributed by atoms with van der Waals surface area (Å²) in [7, 11) is -3.69. The average molecular weight is 333 g/mol. The number of aryl methyl sites for hydroxylation is 1. The van der Waals surface area contributed by atoms with Gasteiger partial charge in [0.15, 0.2) is 0 Å². The third-order valence-electron chi connectivity index (χ3n) is 3.41. The molecule has 2 aromatic carbocycles. The van der Waals surface area contributed by atoms with Crippen LogP contribution in [0.2, 0.25) is 0 Å². The molecule has 0 atom stereocenters. The van der Waals surface area contributed by atoms with Crippen molar-refractivity contribution in [2.24, 2.45) is 5.14 Å². The molecule has 2 amide bonds. The number of primary sulfonamides is 1. The molecule has 0 saturated heterocycles. The maximum atomic E-state index is 11.8. The minimum absolute atomic E-state index is 0.0465. The van der Waals surface area contributed by atoms with E-state index in [0.29, 0.717) is 13.1 Å². The fourth-order valence-corrected chi connectivity index (χ4v) is 2.54. The third kappa shape index (κ3) is 5.08. The Morgan fingerprint density at radius 3 is 2.22 bits per heavy atom. The monoisotopic (exact) mass is 333 g/mol. The van der Waals surface area contributed by atoms with Gasteiger partial charge >= 0.3 is 6.03 Å². The lowest BCUT2D eigenvalue weighted by Crippen LogP contribution is -2.34. The molecule has 0 aliphatic heterocycles. The molecule has 6 nitrogen and oxygen atoms in total. The van der Waals surface area contributed by atoms with Crippen LogP contribution in [0.15, 0.2) is 53.4 Å². The van der Waals surface area contributed by atoms with E-state index in [4.69, 9.17) is 5.14 Å². The fraction of sp³-hybridized carbons (Fsp3) is 0.188. The third-order valence-corrected chi connectivity index (χ3v) is 4.33. The smallest absolute Gasteiger partial charge is 0.315 e. The van der Waals surface area contributed by atoms with Gasteiger partial charge in [0, 0.05) is 13.1 Å². The maximum absolute atomic E-state index is 11.8. The lowest BCUT2D eigenvalue weighted by molar-refractivity contribution is 0.240. The van der Waals surface area contributed by atoms with E-state index in [1.54, 1.807) is 12.1 Å². The van der Waals surface area contributed by atoms with Crippen LogP contribution in [0.25, 0.3) is 0 Å². The van der Waals surface area contributed by atoms with Crippen LogP contribution in [0.5, 0.6) is 0 Å². The van der Waals surface area contributed by atoms with Gasteiger partial charge in [-0.3, -0.25) is 0 Å². The van der Waals surface area contributed by atoms with E-state index in [1.807, 2.05) is 31.2 Å². The van der Waals surface area contributed by atoms with Crippen molar-refractivity contribution in [1.82, 2.24) is 10.6 Å². The number of carbonyl (C=O) groups is 1. The SMILES string of the molecule is Cc1ccccc1CNC(=O)NCc1ccc(S(N)(=O)=O)cc1. The van der Waals surface area contributed by atoms with Gasteiger partial charge in [-0.05, 0) is 35.7 Å². The highest BCUT2D eigenvalue weighted by atomic mass is 32.2. The van der Waals surface area contributed by atoms with Crippen LogP contribution >= 0.6 is 0 Å². The molecule has 0 fully saturated rings. The van der Waals surface area contributed by atoms with E-state index in [1.165, 1.54) is 12.1 Å². The maximum Gasteiger partial charge on any atom is 0.315 e. The topological polar surface area (TPSA) is 101 Å². The van der Waals surface area contributed by atoms with E-state index in [-0.39, 0.29) is 10.9 Å². The molecule has 0 unspecified atom stereocenters. The molecular formula is C16H19N3O3S. The number of amides is 2. The summed E-state index contributed by atoms with van der Waals surface area (Å²) in [4.78, 5) is 11.8. The Labute approximate surface area is 135 Å². The number of sulfonamides is 1. The van der Waals surface area contributed by atoms with E-state index in [0.717, 1.165) is 16.7 Å². The lowest BCUT2D eigenvalue weighted by Gasteiger charge is -2.09.